The topological polar surface area (TPSA) is 26.0 Å². The Kier molecular flexibility index (Phi) is 3.81. The van der Waals surface area contributed by atoms with E-state index in [0.29, 0.717) is 0 Å². The zero-order valence-electron chi connectivity index (χ0n) is 10.3. The smallest absolute Gasteiger partial charge is 0.0314 e. The molecule has 2 aromatic carbocycles. The second-order valence-electron chi connectivity index (χ2n) is 4.58. The Hall–Kier alpha value is -1.76. The molecule has 0 aromatic heterocycles. The zero-order valence-corrected chi connectivity index (χ0v) is 10.3. The second-order valence-corrected chi connectivity index (χ2v) is 4.58. The quantitative estimate of drug-likeness (QED) is 0.788. The first kappa shape index (κ1) is 11.7. The van der Waals surface area contributed by atoms with Gasteiger partial charge in [-0.25, -0.2) is 0 Å². The average Bonchev–Trinajstić information content (AvgIpc) is 2.34. The van der Waals surface area contributed by atoms with E-state index < -0.39 is 0 Å². The summed E-state index contributed by atoms with van der Waals surface area (Å²) in [5.41, 5.74) is 10.6. The molecule has 0 atom stereocenters. The van der Waals surface area contributed by atoms with Gasteiger partial charge in [-0.15, -0.1) is 0 Å². The highest BCUT2D eigenvalue weighted by atomic mass is 14.5. The Balaban J connectivity index is 1.83. The third kappa shape index (κ3) is 3.63. The summed E-state index contributed by atoms with van der Waals surface area (Å²) < 4.78 is 0. The van der Waals surface area contributed by atoms with Crippen LogP contribution in [0.2, 0.25) is 0 Å². The van der Waals surface area contributed by atoms with Gasteiger partial charge in [0.25, 0.3) is 0 Å². The van der Waals surface area contributed by atoms with E-state index in [9.17, 15) is 0 Å². The number of anilines is 1. The molecule has 88 valence electrons. The lowest BCUT2D eigenvalue weighted by Gasteiger charge is -2.03. The van der Waals surface area contributed by atoms with Crippen molar-refractivity contribution in [1.82, 2.24) is 0 Å². The molecular weight excluding hydrogens is 206 g/mol. The molecule has 0 saturated carbocycles. The van der Waals surface area contributed by atoms with Crippen molar-refractivity contribution >= 4 is 5.69 Å². The van der Waals surface area contributed by atoms with E-state index in [-0.39, 0.29) is 0 Å². The number of hydrogen-bond acceptors (Lipinski definition) is 1. The molecule has 0 unspecified atom stereocenters. The number of aryl methyl sites for hydroxylation is 3. The molecule has 0 saturated heterocycles. The molecule has 1 heteroatoms. The van der Waals surface area contributed by atoms with Crippen molar-refractivity contribution in [2.45, 2.75) is 26.2 Å². The van der Waals surface area contributed by atoms with Gasteiger partial charge >= 0.3 is 0 Å². The van der Waals surface area contributed by atoms with Crippen LogP contribution in [0.5, 0.6) is 0 Å². The normalized spacial score (nSPS) is 10.4. The van der Waals surface area contributed by atoms with E-state index in [4.69, 9.17) is 5.73 Å². The molecule has 0 radical (unpaired) electrons. The van der Waals surface area contributed by atoms with E-state index in [0.717, 1.165) is 18.5 Å². The summed E-state index contributed by atoms with van der Waals surface area (Å²) in [7, 11) is 0. The minimum atomic E-state index is 0.840. The number of nitrogen functional groups attached to an aromatic ring is 1. The fraction of sp³-hybridized carbons (Fsp3) is 0.250. The second kappa shape index (κ2) is 5.53. The van der Waals surface area contributed by atoms with Gasteiger partial charge in [-0.1, -0.05) is 42.0 Å². The van der Waals surface area contributed by atoms with Crippen LogP contribution in [0.4, 0.5) is 5.69 Å². The van der Waals surface area contributed by atoms with Crippen LogP contribution in [-0.2, 0) is 12.8 Å². The number of hydrogen-bond donors (Lipinski definition) is 1. The molecular formula is C16H19N. The van der Waals surface area contributed by atoms with E-state index in [1.54, 1.807) is 0 Å². The van der Waals surface area contributed by atoms with Crippen LogP contribution in [0.1, 0.15) is 23.1 Å². The first-order valence-electron chi connectivity index (χ1n) is 6.14. The van der Waals surface area contributed by atoms with E-state index in [1.807, 2.05) is 12.1 Å². The van der Waals surface area contributed by atoms with Crippen LogP contribution in [0.15, 0.2) is 48.5 Å². The minimum absolute atomic E-state index is 0.840. The van der Waals surface area contributed by atoms with Crippen LogP contribution in [0.3, 0.4) is 0 Å². The molecule has 2 N–H and O–H groups in total. The highest BCUT2D eigenvalue weighted by molar-refractivity contribution is 5.39. The van der Waals surface area contributed by atoms with Gasteiger partial charge in [0.1, 0.15) is 0 Å². The van der Waals surface area contributed by atoms with Gasteiger partial charge in [-0.05, 0) is 49.4 Å². The predicted octanol–water partition coefficient (Wildman–Crippen LogP) is 3.75. The molecule has 2 aromatic rings. The van der Waals surface area contributed by atoms with Gasteiger partial charge in [0.05, 0.1) is 0 Å². The zero-order chi connectivity index (χ0) is 12.1. The lowest BCUT2D eigenvalue weighted by atomic mass is 10.0. The molecule has 0 fully saturated rings. The minimum Gasteiger partial charge on any atom is -0.399 e. The number of benzene rings is 2. The molecule has 0 aliphatic heterocycles. The van der Waals surface area contributed by atoms with Crippen molar-refractivity contribution in [1.29, 1.82) is 0 Å². The monoisotopic (exact) mass is 225 g/mol. The van der Waals surface area contributed by atoms with Gasteiger partial charge in [0.2, 0.25) is 0 Å². The number of nitrogens with two attached hydrogens (primary N) is 1. The largest absolute Gasteiger partial charge is 0.399 e. The van der Waals surface area contributed by atoms with Crippen LogP contribution in [0, 0.1) is 6.92 Å². The van der Waals surface area contributed by atoms with Crippen molar-refractivity contribution in [2.75, 3.05) is 5.73 Å². The van der Waals surface area contributed by atoms with Gasteiger partial charge in [0, 0.05) is 5.69 Å². The SMILES string of the molecule is Cc1ccc(CCCc2ccc(N)cc2)cc1. The van der Waals surface area contributed by atoms with Gasteiger partial charge in [-0.2, -0.15) is 0 Å². The fourth-order valence-corrected chi connectivity index (χ4v) is 1.94. The molecule has 0 amide bonds. The summed E-state index contributed by atoms with van der Waals surface area (Å²) in [6.07, 6.45) is 3.45. The van der Waals surface area contributed by atoms with Crippen LogP contribution < -0.4 is 5.73 Å². The first-order valence-corrected chi connectivity index (χ1v) is 6.14. The van der Waals surface area contributed by atoms with Crippen molar-refractivity contribution in [3.05, 3.63) is 65.2 Å². The third-order valence-corrected chi connectivity index (χ3v) is 3.03. The molecule has 2 rings (SSSR count). The van der Waals surface area contributed by atoms with Gasteiger partial charge in [0.15, 0.2) is 0 Å². The molecule has 0 bridgehead atoms. The molecule has 1 nitrogen and oxygen atoms in total. The summed E-state index contributed by atoms with van der Waals surface area (Å²) in [5.74, 6) is 0. The maximum atomic E-state index is 5.66. The van der Waals surface area contributed by atoms with Crippen LogP contribution in [0.25, 0.3) is 0 Å². The Labute approximate surface area is 103 Å². The Morgan fingerprint density at radius 1 is 0.765 bits per heavy atom. The van der Waals surface area contributed by atoms with Crippen molar-refractivity contribution < 1.29 is 0 Å². The van der Waals surface area contributed by atoms with E-state index in [2.05, 4.69) is 43.3 Å². The molecule has 0 aliphatic rings. The summed E-state index contributed by atoms with van der Waals surface area (Å²) in [6.45, 7) is 2.12. The van der Waals surface area contributed by atoms with E-state index in [1.165, 1.54) is 23.1 Å². The molecule has 0 aliphatic carbocycles. The maximum Gasteiger partial charge on any atom is 0.0314 e. The van der Waals surface area contributed by atoms with Crippen molar-refractivity contribution in [2.24, 2.45) is 0 Å². The predicted molar refractivity (Wildman–Crippen MR) is 74.1 cm³/mol. The van der Waals surface area contributed by atoms with Crippen molar-refractivity contribution in [3.63, 3.8) is 0 Å². The van der Waals surface area contributed by atoms with Crippen LogP contribution >= 0.6 is 0 Å². The Morgan fingerprint density at radius 2 is 1.24 bits per heavy atom. The standard InChI is InChI=1S/C16H19N/c1-13-5-7-14(8-6-13)3-2-4-15-9-11-16(17)12-10-15/h5-12H,2-4,17H2,1H3. The third-order valence-electron chi connectivity index (χ3n) is 3.03. The van der Waals surface area contributed by atoms with Crippen molar-refractivity contribution in [3.8, 4) is 0 Å². The summed E-state index contributed by atoms with van der Waals surface area (Å²) in [4.78, 5) is 0. The number of rotatable bonds is 4. The first-order chi connectivity index (χ1) is 8.24. The highest BCUT2D eigenvalue weighted by Crippen LogP contribution is 2.11. The fourth-order valence-electron chi connectivity index (χ4n) is 1.94. The maximum absolute atomic E-state index is 5.66. The van der Waals surface area contributed by atoms with Crippen LogP contribution in [-0.4, -0.2) is 0 Å². The lowest BCUT2D eigenvalue weighted by Crippen LogP contribution is -1.91. The Morgan fingerprint density at radius 3 is 1.76 bits per heavy atom. The Bertz CT molecular complexity index is 408. The summed E-state index contributed by atoms with van der Waals surface area (Å²) >= 11 is 0. The molecule has 0 heterocycles. The lowest BCUT2D eigenvalue weighted by molar-refractivity contribution is 0.820. The highest BCUT2D eigenvalue weighted by Gasteiger charge is 1.95. The van der Waals surface area contributed by atoms with Gasteiger partial charge < -0.3 is 5.73 Å². The van der Waals surface area contributed by atoms with E-state index >= 15 is 0 Å². The van der Waals surface area contributed by atoms with Gasteiger partial charge in [-0.3, -0.25) is 0 Å². The molecule has 17 heavy (non-hydrogen) atoms. The summed E-state index contributed by atoms with van der Waals surface area (Å²) in [6, 6.07) is 17.0. The summed E-state index contributed by atoms with van der Waals surface area (Å²) in [5, 5.41) is 0. The molecule has 0 spiro atoms. The average molecular weight is 225 g/mol.